The van der Waals surface area contributed by atoms with E-state index < -0.39 is 17.9 Å². The van der Waals surface area contributed by atoms with E-state index in [1.54, 1.807) is 13.0 Å². The van der Waals surface area contributed by atoms with E-state index in [2.05, 4.69) is 0 Å². The number of esters is 2. The summed E-state index contributed by atoms with van der Waals surface area (Å²) in [5.74, 6) is -2.82. The van der Waals surface area contributed by atoms with Crippen molar-refractivity contribution in [3.05, 3.63) is 35.4 Å². The zero-order valence-corrected chi connectivity index (χ0v) is 13.2. The largest absolute Gasteiger partial charge is 0.504 e. The van der Waals surface area contributed by atoms with Gasteiger partial charge in [0, 0.05) is 12.0 Å². The maximum absolute atomic E-state index is 11.9. The lowest BCUT2D eigenvalue weighted by molar-refractivity contribution is -0.153. The number of carbonyl (C=O) groups excluding carboxylic acids is 3. The monoisotopic (exact) mass is 334 g/mol. The highest BCUT2D eigenvalue weighted by Gasteiger charge is 2.35. The maximum Gasteiger partial charge on any atom is 0.334 e. The van der Waals surface area contributed by atoms with Gasteiger partial charge in [-0.05, 0) is 24.6 Å². The molecule has 1 atom stereocenters. The molecule has 0 aliphatic carbocycles. The average Bonchev–Trinajstić information content (AvgIpc) is 2.54. The molecule has 7 heteroatoms. The van der Waals surface area contributed by atoms with Gasteiger partial charge in [-0.2, -0.15) is 0 Å². The lowest BCUT2D eigenvalue weighted by Gasteiger charge is -2.22. The van der Waals surface area contributed by atoms with Gasteiger partial charge in [-0.1, -0.05) is 12.1 Å². The molecule has 0 aromatic heterocycles. The van der Waals surface area contributed by atoms with Crippen LogP contribution in [0.4, 0.5) is 0 Å². The quantitative estimate of drug-likeness (QED) is 0.474. The van der Waals surface area contributed by atoms with Gasteiger partial charge in [0.2, 0.25) is 0 Å². The highest BCUT2D eigenvalue weighted by Crippen LogP contribution is 2.25. The second kappa shape index (κ2) is 7.63. The summed E-state index contributed by atoms with van der Waals surface area (Å²) in [5, 5.41) is 18.6. The van der Waals surface area contributed by atoms with Crippen LogP contribution in [0.15, 0.2) is 29.8 Å². The van der Waals surface area contributed by atoms with Crippen LogP contribution < -0.4 is 0 Å². The minimum Gasteiger partial charge on any atom is -0.504 e. The fourth-order valence-electron chi connectivity index (χ4n) is 2.41. The topological polar surface area (TPSA) is 110 Å². The molecule has 7 nitrogen and oxygen atoms in total. The minimum absolute atomic E-state index is 0.0551. The van der Waals surface area contributed by atoms with Gasteiger partial charge >= 0.3 is 11.9 Å². The SMILES string of the molecule is C/C=C1/C(=O)OCC(=O)[C@H]1CC(=O)OCCc1ccc(O)c(O)c1. The summed E-state index contributed by atoms with van der Waals surface area (Å²) in [6, 6.07) is 4.32. The zero-order valence-electron chi connectivity index (χ0n) is 13.2. The van der Waals surface area contributed by atoms with Gasteiger partial charge in [0.25, 0.3) is 0 Å². The predicted octanol–water partition coefficient (Wildman–Crippen LogP) is 1.26. The van der Waals surface area contributed by atoms with Crippen LogP contribution in [0.5, 0.6) is 11.5 Å². The Morgan fingerprint density at radius 3 is 2.75 bits per heavy atom. The number of rotatable bonds is 5. The molecule has 24 heavy (non-hydrogen) atoms. The Morgan fingerprint density at radius 2 is 2.08 bits per heavy atom. The van der Waals surface area contributed by atoms with Gasteiger partial charge in [0.05, 0.1) is 18.9 Å². The number of ketones is 1. The van der Waals surface area contributed by atoms with Gasteiger partial charge in [-0.25, -0.2) is 4.79 Å². The Balaban J connectivity index is 1.87. The van der Waals surface area contributed by atoms with Crippen LogP contribution in [0, 0.1) is 5.92 Å². The number of phenols is 2. The fourth-order valence-corrected chi connectivity index (χ4v) is 2.41. The van der Waals surface area contributed by atoms with Crippen LogP contribution in [0.2, 0.25) is 0 Å². The molecule has 0 amide bonds. The van der Waals surface area contributed by atoms with Crippen LogP contribution in [0.1, 0.15) is 18.9 Å². The van der Waals surface area contributed by atoms with Crippen molar-refractivity contribution in [1.29, 1.82) is 0 Å². The van der Waals surface area contributed by atoms with Crippen LogP contribution >= 0.6 is 0 Å². The molecule has 0 radical (unpaired) electrons. The molecule has 2 N–H and O–H groups in total. The number of hydrogen-bond acceptors (Lipinski definition) is 7. The molecule has 0 unspecified atom stereocenters. The second-order valence-electron chi connectivity index (χ2n) is 5.34. The normalized spacial score (nSPS) is 19.2. The first-order valence-electron chi connectivity index (χ1n) is 7.45. The Labute approximate surface area is 138 Å². The molecule has 1 aliphatic heterocycles. The zero-order chi connectivity index (χ0) is 17.7. The highest BCUT2D eigenvalue weighted by molar-refractivity contribution is 6.03. The number of ether oxygens (including phenoxy) is 2. The molecule has 1 heterocycles. The standard InChI is InChI=1S/C17H18O7/c1-2-11-12(15(20)9-24-17(11)22)8-16(21)23-6-5-10-3-4-13(18)14(19)7-10/h2-4,7,12,18-19H,5-6,8-9H2,1H3/b11-2+/t12-/m0/s1. The number of Topliss-reactive ketones (excluding diaryl/α,β-unsaturated/α-hetero) is 1. The Kier molecular flexibility index (Phi) is 5.57. The Bertz CT molecular complexity index is 690. The summed E-state index contributed by atoms with van der Waals surface area (Å²) in [7, 11) is 0. The van der Waals surface area contributed by atoms with Crippen molar-refractivity contribution in [3.63, 3.8) is 0 Å². The van der Waals surface area contributed by atoms with Crippen molar-refractivity contribution in [2.75, 3.05) is 13.2 Å². The van der Waals surface area contributed by atoms with Crippen molar-refractivity contribution in [3.8, 4) is 11.5 Å². The van der Waals surface area contributed by atoms with Gasteiger partial charge in [-0.3, -0.25) is 9.59 Å². The van der Waals surface area contributed by atoms with E-state index in [1.165, 1.54) is 18.2 Å². The first kappa shape index (κ1) is 17.5. The third-order valence-corrected chi connectivity index (χ3v) is 3.72. The van der Waals surface area contributed by atoms with Gasteiger partial charge in [-0.15, -0.1) is 0 Å². The number of benzene rings is 1. The number of hydrogen-bond donors (Lipinski definition) is 2. The van der Waals surface area contributed by atoms with Gasteiger partial charge in [0.1, 0.15) is 0 Å². The van der Waals surface area contributed by atoms with E-state index in [0.29, 0.717) is 12.0 Å². The fraction of sp³-hybridized carbons (Fsp3) is 0.353. The number of allylic oxidation sites excluding steroid dienone is 1. The third kappa shape index (κ3) is 4.13. The molecular weight excluding hydrogens is 316 g/mol. The number of cyclic esters (lactones) is 1. The molecule has 1 aromatic carbocycles. The molecule has 1 aromatic rings. The van der Waals surface area contributed by atoms with Crippen molar-refractivity contribution in [1.82, 2.24) is 0 Å². The Morgan fingerprint density at radius 1 is 1.33 bits per heavy atom. The summed E-state index contributed by atoms with van der Waals surface area (Å²) in [6.07, 6.45) is 1.60. The van der Waals surface area contributed by atoms with E-state index in [4.69, 9.17) is 9.47 Å². The smallest absolute Gasteiger partial charge is 0.334 e. The maximum atomic E-state index is 11.9. The molecule has 128 valence electrons. The molecular formula is C17H18O7. The Hall–Kier alpha value is -2.83. The lowest BCUT2D eigenvalue weighted by Crippen LogP contribution is -2.35. The molecule has 0 bridgehead atoms. The van der Waals surface area contributed by atoms with Crippen molar-refractivity contribution < 1.29 is 34.1 Å². The minimum atomic E-state index is -0.832. The molecule has 0 spiro atoms. The van der Waals surface area contributed by atoms with Crippen LogP contribution in [0.3, 0.4) is 0 Å². The number of aromatic hydroxyl groups is 2. The number of carbonyl (C=O) groups is 3. The van der Waals surface area contributed by atoms with Crippen LogP contribution in [-0.4, -0.2) is 41.1 Å². The summed E-state index contributed by atoms with van der Waals surface area (Å²) < 4.78 is 9.79. The summed E-state index contributed by atoms with van der Waals surface area (Å²) in [5.41, 5.74) is 0.858. The lowest BCUT2D eigenvalue weighted by atomic mass is 9.89. The molecule has 1 saturated heterocycles. The van der Waals surface area contributed by atoms with Crippen molar-refractivity contribution in [2.24, 2.45) is 5.92 Å². The van der Waals surface area contributed by atoms with E-state index >= 15 is 0 Å². The van der Waals surface area contributed by atoms with E-state index in [9.17, 15) is 24.6 Å². The first-order valence-corrected chi connectivity index (χ1v) is 7.45. The van der Waals surface area contributed by atoms with Crippen LogP contribution in [-0.2, 0) is 30.3 Å². The van der Waals surface area contributed by atoms with Crippen LogP contribution in [0.25, 0.3) is 0 Å². The van der Waals surface area contributed by atoms with Crippen molar-refractivity contribution in [2.45, 2.75) is 19.8 Å². The summed E-state index contributed by atoms with van der Waals surface area (Å²) >= 11 is 0. The summed E-state index contributed by atoms with van der Waals surface area (Å²) in [6.45, 7) is 1.32. The van der Waals surface area contributed by atoms with E-state index in [0.717, 1.165) is 0 Å². The van der Waals surface area contributed by atoms with E-state index in [1.807, 2.05) is 0 Å². The average molecular weight is 334 g/mol. The predicted molar refractivity (Wildman–Crippen MR) is 82.3 cm³/mol. The van der Waals surface area contributed by atoms with Crippen molar-refractivity contribution >= 4 is 17.7 Å². The highest BCUT2D eigenvalue weighted by atomic mass is 16.5. The molecule has 1 aliphatic rings. The van der Waals surface area contributed by atoms with Gasteiger partial charge in [0.15, 0.2) is 23.9 Å². The van der Waals surface area contributed by atoms with E-state index in [-0.39, 0.29) is 42.5 Å². The second-order valence-corrected chi connectivity index (χ2v) is 5.34. The number of phenolic OH excluding ortho intramolecular Hbond substituents is 2. The molecule has 0 saturated carbocycles. The third-order valence-electron chi connectivity index (χ3n) is 3.72. The molecule has 2 rings (SSSR count). The molecule has 1 fully saturated rings. The summed E-state index contributed by atoms with van der Waals surface area (Å²) in [4.78, 5) is 35.3. The first-order chi connectivity index (χ1) is 11.4. The van der Waals surface area contributed by atoms with Gasteiger partial charge < -0.3 is 19.7 Å².